The summed E-state index contributed by atoms with van der Waals surface area (Å²) in [6.07, 6.45) is 1.79. The number of ether oxygens (including phenoxy) is 2. The zero-order valence-corrected chi connectivity index (χ0v) is 16.8. The van der Waals surface area contributed by atoms with Crippen LogP contribution in [0.15, 0.2) is 48.5 Å². The second-order valence-electron chi connectivity index (χ2n) is 7.42. The van der Waals surface area contributed by atoms with E-state index in [1.54, 1.807) is 48.5 Å². The fraction of sp³-hybridized carbons (Fsp3) is 0.348. The third-order valence-electron chi connectivity index (χ3n) is 5.36. The highest BCUT2D eigenvalue weighted by Gasteiger charge is 2.46. The van der Waals surface area contributed by atoms with E-state index in [1.807, 2.05) is 0 Å². The number of cyclic esters (lactones) is 1. The van der Waals surface area contributed by atoms with Gasteiger partial charge in [0.15, 0.2) is 0 Å². The molecule has 4 rings (SSSR count). The Balaban J connectivity index is 1.46. The van der Waals surface area contributed by atoms with E-state index in [1.165, 1.54) is 4.90 Å². The lowest BCUT2D eigenvalue weighted by molar-refractivity contribution is -0.144. The minimum atomic E-state index is -0.867. The number of likely N-dealkylation sites (tertiary alicyclic amines) is 1. The Bertz CT molecular complexity index is 956. The van der Waals surface area contributed by atoms with Crippen molar-refractivity contribution in [1.29, 1.82) is 0 Å². The van der Waals surface area contributed by atoms with Gasteiger partial charge in [0.1, 0.15) is 11.8 Å². The molecule has 0 aromatic heterocycles. The summed E-state index contributed by atoms with van der Waals surface area (Å²) >= 11 is 0. The fourth-order valence-electron chi connectivity index (χ4n) is 3.78. The molecule has 7 heteroatoms. The van der Waals surface area contributed by atoms with Gasteiger partial charge in [-0.25, -0.2) is 4.79 Å². The van der Waals surface area contributed by atoms with Gasteiger partial charge in [0.2, 0.25) is 18.0 Å². The number of rotatable bonds is 7. The topological polar surface area (TPSA) is 84.9 Å². The van der Waals surface area contributed by atoms with Gasteiger partial charge in [-0.3, -0.25) is 14.5 Å². The van der Waals surface area contributed by atoms with Crippen LogP contribution >= 0.6 is 0 Å². The lowest BCUT2D eigenvalue weighted by Gasteiger charge is -2.29. The third kappa shape index (κ3) is 3.87. The summed E-state index contributed by atoms with van der Waals surface area (Å²) in [6.45, 7) is 2.76. The second kappa shape index (κ2) is 8.57. The van der Waals surface area contributed by atoms with Gasteiger partial charge >= 0.3 is 5.97 Å². The molecule has 2 heterocycles. The lowest BCUT2D eigenvalue weighted by atomic mass is 10.1. The third-order valence-corrected chi connectivity index (χ3v) is 5.36. The Hall–Kier alpha value is -3.35. The molecule has 2 aromatic carbocycles. The number of hydrogen-bond acceptors (Lipinski definition) is 5. The molecule has 2 aromatic rings. The van der Waals surface area contributed by atoms with Gasteiger partial charge in [0, 0.05) is 17.7 Å². The van der Waals surface area contributed by atoms with Crippen LogP contribution in [-0.4, -0.2) is 35.3 Å². The molecule has 2 amide bonds. The number of amides is 2. The molecule has 1 fully saturated rings. The standard InChI is InChI=1S/C23H24N2O5/c1-2-3-14-29-16-10-8-15(9-11-16)24-21(27)19-12-13-20(26)25(19)22-17-6-4-5-7-18(17)23(28)30-22/h4-11,19,22H,2-3,12-14H2,1H3,(H,24,27)/t19-,22?/m0/s1. The van der Waals surface area contributed by atoms with Crippen molar-refractivity contribution in [2.75, 3.05) is 11.9 Å². The van der Waals surface area contributed by atoms with Crippen molar-refractivity contribution in [2.45, 2.75) is 44.9 Å². The highest BCUT2D eigenvalue weighted by Crippen LogP contribution is 2.38. The van der Waals surface area contributed by atoms with E-state index < -0.39 is 18.2 Å². The average molecular weight is 408 g/mol. The van der Waals surface area contributed by atoms with Crippen LogP contribution in [0.25, 0.3) is 0 Å². The molecular formula is C23H24N2O5. The smallest absolute Gasteiger partial charge is 0.340 e. The number of benzene rings is 2. The van der Waals surface area contributed by atoms with Crippen molar-refractivity contribution in [3.63, 3.8) is 0 Å². The number of nitrogens with one attached hydrogen (secondary N) is 1. The Morgan fingerprint density at radius 1 is 1.17 bits per heavy atom. The number of esters is 1. The normalized spacial score (nSPS) is 20.1. The first kappa shape index (κ1) is 19.9. The zero-order valence-electron chi connectivity index (χ0n) is 16.8. The number of unbranched alkanes of at least 4 members (excludes halogenated alkanes) is 1. The van der Waals surface area contributed by atoms with Crippen LogP contribution in [0, 0.1) is 0 Å². The maximum atomic E-state index is 12.9. The Morgan fingerprint density at radius 2 is 1.93 bits per heavy atom. The maximum absolute atomic E-state index is 12.9. The molecule has 2 aliphatic heterocycles. The highest BCUT2D eigenvalue weighted by atomic mass is 16.6. The van der Waals surface area contributed by atoms with Gasteiger partial charge in [-0.15, -0.1) is 0 Å². The van der Waals surface area contributed by atoms with Crippen LogP contribution in [-0.2, 0) is 14.3 Å². The quantitative estimate of drug-likeness (QED) is 0.558. The molecule has 2 atom stereocenters. The van der Waals surface area contributed by atoms with Gasteiger partial charge in [-0.05, 0) is 43.2 Å². The van der Waals surface area contributed by atoms with Crippen LogP contribution < -0.4 is 10.1 Å². The molecule has 0 bridgehead atoms. The number of fused-ring (bicyclic) bond motifs is 1. The first-order valence-electron chi connectivity index (χ1n) is 10.2. The van der Waals surface area contributed by atoms with Gasteiger partial charge in [-0.1, -0.05) is 31.5 Å². The molecule has 7 nitrogen and oxygen atoms in total. The SMILES string of the molecule is CCCCOc1ccc(NC(=O)[C@@H]2CCC(=O)N2C2OC(=O)c3ccccc32)cc1. The Morgan fingerprint density at radius 3 is 2.70 bits per heavy atom. The van der Waals surface area contributed by atoms with Crippen molar-refractivity contribution >= 4 is 23.5 Å². The Labute approximate surface area is 175 Å². The van der Waals surface area contributed by atoms with E-state index in [0.717, 1.165) is 18.6 Å². The van der Waals surface area contributed by atoms with E-state index in [0.29, 0.717) is 29.8 Å². The van der Waals surface area contributed by atoms with Crippen molar-refractivity contribution in [1.82, 2.24) is 4.90 Å². The van der Waals surface area contributed by atoms with E-state index in [4.69, 9.17) is 9.47 Å². The number of anilines is 1. The Kier molecular flexibility index (Phi) is 5.70. The van der Waals surface area contributed by atoms with E-state index in [-0.39, 0.29) is 18.2 Å². The monoisotopic (exact) mass is 408 g/mol. The minimum absolute atomic E-state index is 0.204. The number of hydrogen-bond donors (Lipinski definition) is 1. The molecule has 2 aliphatic rings. The second-order valence-corrected chi connectivity index (χ2v) is 7.42. The van der Waals surface area contributed by atoms with Crippen molar-refractivity contribution in [3.05, 3.63) is 59.7 Å². The van der Waals surface area contributed by atoms with Crippen LogP contribution in [0.3, 0.4) is 0 Å². The number of carbonyl (C=O) groups excluding carboxylic acids is 3. The summed E-state index contributed by atoms with van der Waals surface area (Å²) in [4.78, 5) is 39.0. The van der Waals surface area contributed by atoms with Gasteiger partial charge < -0.3 is 14.8 Å². The predicted octanol–water partition coefficient (Wildman–Crippen LogP) is 3.66. The molecule has 0 aliphatic carbocycles. The molecule has 1 N–H and O–H groups in total. The van der Waals surface area contributed by atoms with Crippen LogP contribution in [0.4, 0.5) is 5.69 Å². The van der Waals surface area contributed by atoms with Gasteiger partial charge in [0.25, 0.3) is 0 Å². The van der Waals surface area contributed by atoms with Crippen molar-refractivity contribution < 1.29 is 23.9 Å². The number of nitrogens with zero attached hydrogens (tertiary/aromatic N) is 1. The summed E-state index contributed by atoms with van der Waals surface area (Å²) in [5.74, 6) is -0.244. The largest absolute Gasteiger partial charge is 0.494 e. The van der Waals surface area contributed by atoms with Crippen molar-refractivity contribution in [3.8, 4) is 5.75 Å². The van der Waals surface area contributed by atoms with Crippen LogP contribution in [0.5, 0.6) is 5.75 Å². The molecule has 1 saturated heterocycles. The molecular weight excluding hydrogens is 384 g/mol. The summed E-state index contributed by atoms with van der Waals surface area (Å²) in [6, 6.07) is 13.4. The summed E-state index contributed by atoms with van der Waals surface area (Å²) < 4.78 is 11.1. The minimum Gasteiger partial charge on any atom is -0.494 e. The van der Waals surface area contributed by atoms with Gasteiger partial charge in [-0.2, -0.15) is 0 Å². The summed E-state index contributed by atoms with van der Waals surface area (Å²) in [5.41, 5.74) is 1.66. The predicted molar refractivity (Wildman–Crippen MR) is 110 cm³/mol. The fourth-order valence-corrected chi connectivity index (χ4v) is 3.78. The first-order chi connectivity index (χ1) is 14.6. The van der Waals surface area contributed by atoms with Crippen LogP contribution in [0.2, 0.25) is 0 Å². The highest BCUT2D eigenvalue weighted by molar-refractivity contribution is 6.00. The lowest BCUT2D eigenvalue weighted by Crippen LogP contribution is -2.43. The average Bonchev–Trinajstić information content (AvgIpc) is 3.29. The van der Waals surface area contributed by atoms with Crippen LogP contribution in [0.1, 0.15) is 54.8 Å². The van der Waals surface area contributed by atoms with E-state index >= 15 is 0 Å². The molecule has 0 spiro atoms. The number of carbonyl (C=O) groups is 3. The molecule has 1 unspecified atom stereocenters. The zero-order chi connectivity index (χ0) is 21.1. The molecule has 30 heavy (non-hydrogen) atoms. The molecule has 0 saturated carbocycles. The molecule has 156 valence electrons. The molecule has 0 radical (unpaired) electrons. The van der Waals surface area contributed by atoms with Gasteiger partial charge in [0.05, 0.1) is 12.2 Å². The summed E-state index contributed by atoms with van der Waals surface area (Å²) in [7, 11) is 0. The first-order valence-corrected chi connectivity index (χ1v) is 10.2. The van der Waals surface area contributed by atoms with E-state index in [9.17, 15) is 14.4 Å². The summed E-state index contributed by atoms with van der Waals surface area (Å²) in [5, 5.41) is 2.86. The van der Waals surface area contributed by atoms with E-state index in [2.05, 4.69) is 12.2 Å². The van der Waals surface area contributed by atoms with Crippen molar-refractivity contribution in [2.24, 2.45) is 0 Å². The maximum Gasteiger partial charge on any atom is 0.340 e.